The first kappa shape index (κ1) is 15.5. The summed E-state index contributed by atoms with van der Waals surface area (Å²) in [5, 5.41) is 18.0. The lowest BCUT2D eigenvalue weighted by Gasteiger charge is -2.33. The maximum Gasteiger partial charge on any atom is 0.410 e. The highest BCUT2D eigenvalue weighted by molar-refractivity contribution is 5.83. The highest BCUT2D eigenvalue weighted by atomic mass is 19.4. The van der Waals surface area contributed by atoms with Crippen LogP contribution in [0.4, 0.5) is 19.0 Å². The van der Waals surface area contributed by atoms with E-state index in [1.54, 1.807) is 0 Å². The van der Waals surface area contributed by atoms with E-state index in [0.717, 1.165) is 21.0 Å². The van der Waals surface area contributed by atoms with E-state index in [9.17, 15) is 13.2 Å². The minimum Gasteiger partial charge on any atom is -0.362 e. The second-order valence-corrected chi connectivity index (χ2v) is 6.06. The first-order valence-corrected chi connectivity index (χ1v) is 7.77. The van der Waals surface area contributed by atoms with Gasteiger partial charge in [0, 0.05) is 6.42 Å². The third kappa shape index (κ3) is 2.60. The number of nitriles is 1. The van der Waals surface area contributed by atoms with E-state index in [1.807, 2.05) is 48.5 Å². The summed E-state index contributed by atoms with van der Waals surface area (Å²) in [5.74, 6) is 0.120. The predicted octanol–water partition coefficient (Wildman–Crippen LogP) is 4.57. The van der Waals surface area contributed by atoms with Crippen molar-refractivity contribution >= 4 is 16.6 Å². The average molecular weight is 342 g/mol. The lowest BCUT2D eigenvalue weighted by Crippen LogP contribution is -2.35. The van der Waals surface area contributed by atoms with Crippen LogP contribution in [0.25, 0.3) is 10.8 Å². The van der Waals surface area contributed by atoms with E-state index in [2.05, 4.69) is 10.4 Å². The Hall–Kier alpha value is -3.01. The number of hydrogen-bond acceptors (Lipinski definition) is 3. The molecule has 1 aliphatic rings. The van der Waals surface area contributed by atoms with E-state index in [0.29, 0.717) is 0 Å². The van der Waals surface area contributed by atoms with Crippen LogP contribution in [0.3, 0.4) is 0 Å². The zero-order chi connectivity index (χ0) is 17.6. The summed E-state index contributed by atoms with van der Waals surface area (Å²) in [7, 11) is 0. The molecule has 0 saturated carbocycles. The molecule has 0 amide bonds. The molecule has 126 valence electrons. The van der Waals surface area contributed by atoms with Gasteiger partial charge in [-0.2, -0.15) is 23.5 Å². The maximum absolute atomic E-state index is 13.5. The van der Waals surface area contributed by atoms with Gasteiger partial charge in [0.25, 0.3) is 0 Å². The van der Waals surface area contributed by atoms with Crippen molar-refractivity contribution in [1.29, 1.82) is 5.26 Å². The molecule has 1 aromatic heterocycles. The summed E-state index contributed by atoms with van der Waals surface area (Å²) in [4.78, 5) is 0. The van der Waals surface area contributed by atoms with Gasteiger partial charge in [0.15, 0.2) is 6.04 Å². The first-order valence-electron chi connectivity index (χ1n) is 7.77. The van der Waals surface area contributed by atoms with Gasteiger partial charge in [0.05, 0.1) is 12.2 Å². The molecule has 1 aliphatic heterocycles. The van der Waals surface area contributed by atoms with Crippen LogP contribution in [0.15, 0.2) is 48.7 Å². The lowest BCUT2D eigenvalue weighted by atomic mass is 9.94. The Balaban J connectivity index is 1.79. The van der Waals surface area contributed by atoms with Crippen molar-refractivity contribution in [1.82, 2.24) is 9.78 Å². The van der Waals surface area contributed by atoms with E-state index < -0.39 is 18.3 Å². The fraction of sp³-hybridized carbons (Fsp3) is 0.222. The normalized spacial score (nSPS) is 19.9. The summed E-state index contributed by atoms with van der Waals surface area (Å²) < 4.78 is 41.4. The third-order valence-electron chi connectivity index (χ3n) is 4.53. The van der Waals surface area contributed by atoms with Gasteiger partial charge < -0.3 is 5.32 Å². The summed E-state index contributed by atoms with van der Waals surface area (Å²) in [5.41, 5.74) is 0.865. The van der Waals surface area contributed by atoms with Crippen molar-refractivity contribution in [2.24, 2.45) is 0 Å². The Morgan fingerprint density at radius 3 is 2.64 bits per heavy atom. The summed E-state index contributed by atoms with van der Waals surface area (Å²) in [6.45, 7) is 0. The second kappa shape index (κ2) is 5.52. The average Bonchev–Trinajstić information content (AvgIpc) is 3.02. The van der Waals surface area contributed by atoms with Crippen LogP contribution in [0.1, 0.15) is 29.6 Å². The van der Waals surface area contributed by atoms with Crippen LogP contribution in [-0.4, -0.2) is 16.0 Å². The zero-order valence-electron chi connectivity index (χ0n) is 13.0. The van der Waals surface area contributed by atoms with E-state index in [4.69, 9.17) is 5.26 Å². The molecule has 3 aromatic rings. The van der Waals surface area contributed by atoms with Gasteiger partial charge in [-0.3, -0.25) is 0 Å². The molecule has 7 heteroatoms. The molecule has 0 aliphatic carbocycles. The molecule has 0 fully saturated rings. The number of nitrogens with one attached hydrogen (secondary N) is 1. The number of nitrogens with zero attached hydrogens (tertiary/aromatic N) is 3. The van der Waals surface area contributed by atoms with Crippen molar-refractivity contribution in [3.05, 3.63) is 59.8 Å². The third-order valence-corrected chi connectivity index (χ3v) is 4.53. The topological polar surface area (TPSA) is 53.6 Å². The van der Waals surface area contributed by atoms with Crippen molar-refractivity contribution in [2.75, 3.05) is 5.32 Å². The molecule has 0 spiro atoms. The van der Waals surface area contributed by atoms with Crippen LogP contribution in [-0.2, 0) is 0 Å². The largest absolute Gasteiger partial charge is 0.410 e. The van der Waals surface area contributed by atoms with E-state index in [1.165, 1.54) is 6.20 Å². The lowest BCUT2D eigenvalue weighted by molar-refractivity contribution is -0.173. The van der Waals surface area contributed by atoms with Crippen LogP contribution in [0.2, 0.25) is 0 Å². The molecule has 0 bridgehead atoms. The van der Waals surface area contributed by atoms with Gasteiger partial charge in [-0.05, 0) is 22.4 Å². The fourth-order valence-electron chi connectivity index (χ4n) is 3.29. The molecule has 2 aromatic carbocycles. The Labute approximate surface area is 141 Å². The number of fused-ring (bicyclic) bond motifs is 2. The van der Waals surface area contributed by atoms with E-state index in [-0.39, 0.29) is 17.8 Å². The summed E-state index contributed by atoms with van der Waals surface area (Å²) >= 11 is 0. The summed E-state index contributed by atoms with van der Waals surface area (Å²) in [6.07, 6.45) is -3.45. The smallest absolute Gasteiger partial charge is 0.362 e. The molecule has 0 radical (unpaired) electrons. The quantitative estimate of drug-likeness (QED) is 0.705. The van der Waals surface area contributed by atoms with Gasteiger partial charge in [0.2, 0.25) is 0 Å². The van der Waals surface area contributed by atoms with E-state index >= 15 is 0 Å². The molecule has 2 unspecified atom stereocenters. The number of alkyl halides is 3. The zero-order valence-corrected chi connectivity index (χ0v) is 13.0. The van der Waals surface area contributed by atoms with Crippen LogP contribution >= 0.6 is 0 Å². The van der Waals surface area contributed by atoms with Gasteiger partial charge in [-0.15, -0.1) is 0 Å². The number of aromatic nitrogens is 2. The Morgan fingerprint density at radius 2 is 1.92 bits per heavy atom. The molecule has 1 N–H and O–H groups in total. The second-order valence-electron chi connectivity index (χ2n) is 6.06. The molecule has 25 heavy (non-hydrogen) atoms. The maximum atomic E-state index is 13.5. The molecular weight excluding hydrogens is 329 g/mol. The molecule has 0 saturated heterocycles. The van der Waals surface area contributed by atoms with Crippen molar-refractivity contribution in [2.45, 2.75) is 24.7 Å². The van der Waals surface area contributed by atoms with Gasteiger partial charge in [-0.25, -0.2) is 4.68 Å². The number of hydrogen-bond donors (Lipinski definition) is 1. The van der Waals surface area contributed by atoms with Gasteiger partial charge >= 0.3 is 6.18 Å². The molecule has 2 heterocycles. The minimum atomic E-state index is -4.44. The Morgan fingerprint density at radius 1 is 1.16 bits per heavy atom. The van der Waals surface area contributed by atoms with Gasteiger partial charge in [-0.1, -0.05) is 36.4 Å². The van der Waals surface area contributed by atoms with Crippen molar-refractivity contribution in [3.63, 3.8) is 0 Å². The first-order chi connectivity index (χ1) is 12.0. The predicted molar refractivity (Wildman–Crippen MR) is 87.0 cm³/mol. The van der Waals surface area contributed by atoms with Crippen molar-refractivity contribution in [3.8, 4) is 6.07 Å². The monoisotopic (exact) mass is 342 g/mol. The van der Waals surface area contributed by atoms with Crippen LogP contribution in [0.5, 0.6) is 0 Å². The molecule has 4 rings (SSSR count). The standard InChI is InChI=1S/C18H13F3N4/c19-18(20,21)16-8-15(24-17-14(9-22)10-23-25(16)17)13-6-5-11-3-1-2-4-12(11)7-13/h1-7,10,15-16,24H,8H2. The number of rotatable bonds is 1. The van der Waals surface area contributed by atoms with Gasteiger partial charge in [0.1, 0.15) is 17.5 Å². The number of anilines is 1. The SMILES string of the molecule is N#Cc1cnn2c1NC(c1ccc3ccccc3c1)CC2C(F)(F)F. The highest BCUT2D eigenvalue weighted by Crippen LogP contribution is 2.44. The molecule has 4 nitrogen and oxygen atoms in total. The molecule has 2 atom stereocenters. The van der Waals surface area contributed by atoms with Crippen LogP contribution < -0.4 is 5.32 Å². The summed E-state index contributed by atoms with van der Waals surface area (Å²) in [6, 6.07) is 12.9. The van der Waals surface area contributed by atoms with Crippen molar-refractivity contribution < 1.29 is 13.2 Å². The number of halogens is 3. The van der Waals surface area contributed by atoms with Crippen LogP contribution in [0, 0.1) is 11.3 Å². The fourth-order valence-corrected chi connectivity index (χ4v) is 3.29. The highest BCUT2D eigenvalue weighted by Gasteiger charge is 2.46. The Kier molecular flexibility index (Phi) is 3.42. The minimum absolute atomic E-state index is 0.111. The number of benzene rings is 2. The Bertz CT molecular complexity index is 984. The molecular formula is C18H13F3N4.